The summed E-state index contributed by atoms with van der Waals surface area (Å²) in [5, 5.41) is 9.07. The molecule has 1 aromatic rings. The van der Waals surface area contributed by atoms with Gasteiger partial charge < -0.3 is 14.4 Å². The molecule has 0 aliphatic carbocycles. The summed E-state index contributed by atoms with van der Waals surface area (Å²) >= 11 is 0. The fourth-order valence-electron chi connectivity index (χ4n) is 1.38. The largest absolute Gasteiger partial charge is 0.480 e. The molecule has 94 valence electrons. The lowest BCUT2D eigenvalue weighted by Gasteiger charge is -2.31. The third-order valence-corrected chi connectivity index (χ3v) is 2.96. The number of hydrogen-bond acceptors (Lipinski definition) is 3. The molecule has 1 aromatic heterocycles. The van der Waals surface area contributed by atoms with Gasteiger partial charge in [-0.2, -0.15) is 0 Å². The summed E-state index contributed by atoms with van der Waals surface area (Å²) in [5.41, 5.74) is -0.830. The summed E-state index contributed by atoms with van der Waals surface area (Å²) in [6.45, 7) is 4.84. The number of furan rings is 1. The lowest BCUT2D eigenvalue weighted by atomic mass is 10.0. The highest BCUT2D eigenvalue weighted by atomic mass is 16.4. The van der Waals surface area contributed by atoms with Gasteiger partial charge >= 0.3 is 5.97 Å². The summed E-state index contributed by atoms with van der Waals surface area (Å²) in [7, 11) is 1.48. The van der Waals surface area contributed by atoms with E-state index in [4.69, 9.17) is 9.52 Å². The molecule has 0 saturated carbocycles. The molecule has 0 aliphatic heterocycles. The molecule has 5 nitrogen and oxygen atoms in total. The van der Waals surface area contributed by atoms with Gasteiger partial charge in [-0.25, -0.2) is 4.79 Å². The zero-order valence-corrected chi connectivity index (χ0v) is 10.5. The summed E-state index contributed by atoms with van der Waals surface area (Å²) < 4.78 is 5.16. The standard InChI is InChI=1S/C12H17NO4/c1-5-9-8(6-7-17-9)10(14)13(4)12(2,3)11(15)16/h6-7H,5H2,1-4H3,(H,15,16). The normalized spacial score (nSPS) is 11.3. The third-order valence-electron chi connectivity index (χ3n) is 2.96. The topological polar surface area (TPSA) is 70.8 Å². The quantitative estimate of drug-likeness (QED) is 0.869. The molecule has 0 radical (unpaired) electrons. The van der Waals surface area contributed by atoms with Crippen molar-refractivity contribution < 1.29 is 19.1 Å². The molecule has 0 aromatic carbocycles. The number of carbonyl (C=O) groups is 2. The highest BCUT2D eigenvalue weighted by molar-refractivity contribution is 5.98. The Bertz CT molecular complexity index is 433. The molecule has 0 bridgehead atoms. The minimum atomic E-state index is -1.25. The van der Waals surface area contributed by atoms with E-state index in [2.05, 4.69) is 0 Å². The Hall–Kier alpha value is -1.78. The highest BCUT2D eigenvalue weighted by Crippen LogP contribution is 2.19. The van der Waals surface area contributed by atoms with E-state index in [0.717, 1.165) is 0 Å². The molecule has 1 N–H and O–H groups in total. The van der Waals surface area contributed by atoms with Crippen LogP contribution >= 0.6 is 0 Å². The van der Waals surface area contributed by atoms with Crippen LogP contribution in [0, 0.1) is 0 Å². The van der Waals surface area contributed by atoms with E-state index < -0.39 is 11.5 Å². The van der Waals surface area contributed by atoms with Crippen LogP contribution in [0.3, 0.4) is 0 Å². The highest BCUT2D eigenvalue weighted by Gasteiger charge is 2.36. The fourth-order valence-corrected chi connectivity index (χ4v) is 1.38. The van der Waals surface area contributed by atoms with Crippen LogP contribution in [-0.4, -0.2) is 34.5 Å². The van der Waals surface area contributed by atoms with E-state index in [1.807, 2.05) is 6.92 Å². The summed E-state index contributed by atoms with van der Waals surface area (Å²) in [6, 6.07) is 1.57. The van der Waals surface area contributed by atoms with Crippen LogP contribution in [0.5, 0.6) is 0 Å². The molecule has 0 saturated heterocycles. The molecule has 0 spiro atoms. The van der Waals surface area contributed by atoms with Crippen LogP contribution in [0.4, 0.5) is 0 Å². The van der Waals surface area contributed by atoms with Gasteiger partial charge in [0.05, 0.1) is 11.8 Å². The van der Waals surface area contributed by atoms with E-state index >= 15 is 0 Å². The van der Waals surface area contributed by atoms with Gasteiger partial charge in [0.15, 0.2) is 0 Å². The van der Waals surface area contributed by atoms with Crippen LogP contribution in [0.2, 0.25) is 0 Å². The van der Waals surface area contributed by atoms with Gasteiger partial charge in [0.1, 0.15) is 11.3 Å². The van der Waals surface area contributed by atoms with Gasteiger partial charge in [0.2, 0.25) is 0 Å². The van der Waals surface area contributed by atoms with Crippen molar-refractivity contribution in [1.82, 2.24) is 4.90 Å². The lowest BCUT2D eigenvalue weighted by molar-refractivity contribution is -0.147. The monoisotopic (exact) mass is 239 g/mol. The average Bonchev–Trinajstić information content (AvgIpc) is 2.74. The third kappa shape index (κ3) is 2.33. The van der Waals surface area contributed by atoms with Crippen LogP contribution < -0.4 is 0 Å². The summed E-state index contributed by atoms with van der Waals surface area (Å²) in [5.74, 6) is -0.819. The number of carboxylic acids is 1. The first-order valence-corrected chi connectivity index (χ1v) is 5.40. The molecule has 0 atom stereocenters. The Labute approximate surface area is 100 Å². The number of aliphatic carboxylic acids is 1. The Morgan fingerprint density at radius 1 is 1.47 bits per heavy atom. The number of likely N-dealkylation sites (N-methyl/N-ethyl adjacent to an activating group) is 1. The maximum absolute atomic E-state index is 12.1. The number of nitrogens with zero attached hydrogens (tertiary/aromatic N) is 1. The zero-order chi connectivity index (χ0) is 13.2. The van der Waals surface area contributed by atoms with Crippen molar-refractivity contribution in [2.24, 2.45) is 0 Å². The van der Waals surface area contributed by atoms with Gasteiger partial charge in [-0.15, -0.1) is 0 Å². The molecule has 17 heavy (non-hydrogen) atoms. The van der Waals surface area contributed by atoms with E-state index in [0.29, 0.717) is 17.7 Å². The maximum atomic E-state index is 12.1. The van der Waals surface area contributed by atoms with Gasteiger partial charge in [0, 0.05) is 13.5 Å². The molecular formula is C12H17NO4. The van der Waals surface area contributed by atoms with E-state index in [1.54, 1.807) is 6.07 Å². The van der Waals surface area contributed by atoms with Crippen molar-refractivity contribution in [3.05, 3.63) is 23.7 Å². The molecule has 0 aliphatic rings. The van der Waals surface area contributed by atoms with Crippen molar-refractivity contribution in [3.8, 4) is 0 Å². The predicted octanol–water partition coefficient (Wildman–Crippen LogP) is 1.78. The Balaban J connectivity index is 3.02. The average molecular weight is 239 g/mol. The number of amides is 1. The second kappa shape index (κ2) is 4.61. The van der Waals surface area contributed by atoms with Crippen molar-refractivity contribution in [3.63, 3.8) is 0 Å². The number of hydrogen-bond donors (Lipinski definition) is 1. The lowest BCUT2D eigenvalue weighted by Crippen LogP contribution is -2.50. The van der Waals surface area contributed by atoms with E-state index in [-0.39, 0.29) is 5.91 Å². The summed E-state index contributed by atoms with van der Waals surface area (Å²) in [4.78, 5) is 24.4. The summed E-state index contributed by atoms with van der Waals surface area (Å²) in [6.07, 6.45) is 2.03. The van der Waals surface area contributed by atoms with Crippen LogP contribution in [0.1, 0.15) is 36.9 Å². The first kappa shape index (κ1) is 13.3. The van der Waals surface area contributed by atoms with Crippen molar-refractivity contribution in [2.45, 2.75) is 32.7 Å². The molecule has 1 heterocycles. The zero-order valence-electron chi connectivity index (χ0n) is 10.5. The van der Waals surface area contributed by atoms with Gasteiger partial charge in [0.25, 0.3) is 5.91 Å². The first-order chi connectivity index (χ1) is 7.82. The number of carbonyl (C=O) groups excluding carboxylic acids is 1. The van der Waals surface area contributed by atoms with Crippen molar-refractivity contribution in [2.75, 3.05) is 7.05 Å². The van der Waals surface area contributed by atoms with Gasteiger partial charge in [-0.1, -0.05) is 6.92 Å². The van der Waals surface area contributed by atoms with Gasteiger partial charge in [-0.05, 0) is 19.9 Å². The van der Waals surface area contributed by atoms with Crippen molar-refractivity contribution in [1.29, 1.82) is 0 Å². The van der Waals surface area contributed by atoms with Crippen LogP contribution in [0.15, 0.2) is 16.7 Å². The van der Waals surface area contributed by atoms with E-state index in [9.17, 15) is 9.59 Å². The molecule has 5 heteroatoms. The SMILES string of the molecule is CCc1occc1C(=O)N(C)C(C)(C)C(=O)O. The second-order valence-corrected chi connectivity index (χ2v) is 4.34. The molecule has 0 fully saturated rings. The number of aryl methyl sites for hydroxylation is 1. The fraction of sp³-hybridized carbons (Fsp3) is 0.500. The second-order valence-electron chi connectivity index (χ2n) is 4.34. The van der Waals surface area contributed by atoms with Crippen molar-refractivity contribution >= 4 is 11.9 Å². The molecular weight excluding hydrogens is 222 g/mol. The van der Waals surface area contributed by atoms with Crippen LogP contribution in [0.25, 0.3) is 0 Å². The predicted molar refractivity (Wildman–Crippen MR) is 61.9 cm³/mol. The Morgan fingerprint density at radius 2 is 2.06 bits per heavy atom. The minimum absolute atomic E-state index is 0.344. The number of rotatable bonds is 4. The Kier molecular flexibility index (Phi) is 3.60. The first-order valence-electron chi connectivity index (χ1n) is 5.40. The number of carboxylic acid groups (broad SMARTS) is 1. The minimum Gasteiger partial charge on any atom is -0.480 e. The smallest absolute Gasteiger partial charge is 0.329 e. The van der Waals surface area contributed by atoms with E-state index in [1.165, 1.54) is 32.1 Å². The van der Waals surface area contributed by atoms with Gasteiger partial charge in [-0.3, -0.25) is 4.79 Å². The molecule has 1 rings (SSSR count). The Morgan fingerprint density at radius 3 is 2.53 bits per heavy atom. The maximum Gasteiger partial charge on any atom is 0.329 e. The van der Waals surface area contributed by atoms with Crippen LogP contribution in [-0.2, 0) is 11.2 Å². The molecule has 0 unspecified atom stereocenters. The molecule has 1 amide bonds.